The molecule has 7 heteroatoms. The Balaban J connectivity index is 2.29. The molecule has 1 aliphatic carbocycles. The fourth-order valence-electron chi connectivity index (χ4n) is 2.09. The molecule has 1 heterocycles. The molecule has 18 heavy (non-hydrogen) atoms. The van der Waals surface area contributed by atoms with E-state index in [1.54, 1.807) is 6.07 Å². The normalized spacial score (nSPS) is 23.8. The van der Waals surface area contributed by atoms with Crippen molar-refractivity contribution in [2.45, 2.75) is 36.2 Å². The molecule has 96 valence electrons. The highest BCUT2D eigenvalue weighted by Gasteiger charge is 2.30. The van der Waals surface area contributed by atoms with E-state index in [0.29, 0.717) is 0 Å². The first-order chi connectivity index (χ1) is 8.54. The zero-order valence-corrected chi connectivity index (χ0v) is 10.5. The van der Waals surface area contributed by atoms with Gasteiger partial charge in [-0.05, 0) is 25.0 Å². The van der Waals surface area contributed by atoms with Crippen LogP contribution in [-0.2, 0) is 10.0 Å². The average Bonchev–Trinajstić information content (AvgIpc) is 2.74. The summed E-state index contributed by atoms with van der Waals surface area (Å²) in [4.78, 5) is 3.65. The van der Waals surface area contributed by atoms with Crippen LogP contribution in [0.15, 0.2) is 23.2 Å². The zero-order chi connectivity index (χ0) is 13.2. The van der Waals surface area contributed by atoms with Gasteiger partial charge in [-0.1, -0.05) is 6.42 Å². The predicted octanol–water partition coefficient (Wildman–Crippen LogP) is 0.111. The summed E-state index contributed by atoms with van der Waals surface area (Å²) in [5, 5.41) is 8.87. The molecule has 0 spiro atoms. The molecule has 0 radical (unpaired) electrons. The average molecular weight is 266 g/mol. The quantitative estimate of drug-likeness (QED) is 0.807. The summed E-state index contributed by atoms with van der Waals surface area (Å²) in [5.74, 6) is 0. The summed E-state index contributed by atoms with van der Waals surface area (Å²) in [7, 11) is -3.73. The first-order valence-corrected chi connectivity index (χ1v) is 7.16. The molecular weight excluding hydrogens is 252 g/mol. The van der Waals surface area contributed by atoms with Crippen LogP contribution in [-0.4, -0.2) is 25.5 Å². The van der Waals surface area contributed by atoms with Crippen molar-refractivity contribution < 1.29 is 8.42 Å². The van der Waals surface area contributed by atoms with Crippen LogP contribution < -0.4 is 10.5 Å². The lowest BCUT2D eigenvalue weighted by molar-refractivity contribution is 0.522. The third-order valence-corrected chi connectivity index (χ3v) is 4.56. The van der Waals surface area contributed by atoms with Gasteiger partial charge >= 0.3 is 0 Å². The fourth-order valence-corrected chi connectivity index (χ4v) is 3.52. The van der Waals surface area contributed by atoms with E-state index in [-0.39, 0.29) is 22.7 Å². The molecule has 6 nitrogen and oxygen atoms in total. The number of rotatable bonds is 3. The number of nitrogens with zero attached hydrogens (tertiary/aromatic N) is 2. The van der Waals surface area contributed by atoms with Gasteiger partial charge in [-0.3, -0.25) is 0 Å². The summed E-state index contributed by atoms with van der Waals surface area (Å²) >= 11 is 0. The Labute approximate surface area is 106 Å². The van der Waals surface area contributed by atoms with Gasteiger partial charge in [0.1, 0.15) is 11.0 Å². The molecule has 1 aromatic heterocycles. The maximum absolute atomic E-state index is 12.2. The van der Waals surface area contributed by atoms with Gasteiger partial charge in [-0.15, -0.1) is 0 Å². The highest BCUT2D eigenvalue weighted by molar-refractivity contribution is 7.89. The Morgan fingerprint density at radius 1 is 1.50 bits per heavy atom. The molecule has 1 saturated carbocycles. The number of nitriles is 1. The summed E-state index contributed by atoms with van der Waals surface area (Å²) in [6, 6.07) is 4.21. The molecule has 0 aromatic carbocycles. The lowest BCUT2D eigenvalue weighted by Gasteiger charge is -2.17. The van der Waals surface area contributed by atoms with Gasteiger partial charge in [0, 0.05) is 18.3 Å². The molecule has 0 bridgehead atoms. The number of hydrogen-bond acceptors (Lipinski definition) is 5. The van der Waals surface area contributed by atoms with Crippen LogP contribution in [0, 0.1) is 11.3 Å². The predicted molar refractivity (Wildman–Crippen MR) is 64.9 cm³/mol. The van der Waals surface area contributed by atoms with E-state index in [4.69, 9.17) is 11.0 Å². The van der Waals surface area contributed by atoms with Crippen molar-refractivity contribution in [3.05, 3.63) is 24.0 Å². The van der Waals surface area contributed by atoms with Crippen LogP contribution >= 0.6 is 0 Å². The first-order valence-electron chi connectivity index (χ1n) is 5.67. The topological polar surface area (TPSA) is 109 Å². The molecule has 1 fully saturated rings. The molecular formula is C11H14N4O2S. The number of pyridine rings is 1. The maximum atomic E-state index is 12.2. The van der Waals surface area contributed by atoms with Crippen LogP contribution in [0.2, 0.25) is 0 Å². The molecule has 3 N–H and O–H groups in total. The second-order valence-electron chi connectivity index (χ2n) is 4.28. The van der Waals surface area contributed by atoms with E-state index in [0.717, 1.165) is 19.3 Å². The molecule has 1 aromatic rings. The second kappa shape index (κ2) is 5.02. The van der Waals surface area contributed by atoms with Gasteiger partial charge in [0.25, 0.3) is 0 Å². The van der Waals surface area contributed by atoms with Crippen molar-refractivity contribution in [3.63, 3.8) is 0 Å². The summed E-state index contributed by atoms with van der Waals surface area (Å²) < 4.78 is 26.9. The lowest BCUT2D eigenvalue weighted by Crippen LogP contribution is -2.44. The lowest BCUT2D eigenvalue weighted by atomic mass is 10.2. The highest BCUT2D eigenvalue weighted by atomic mass is 32.2. The van der Waals surface area contributed by atoms with Crippen LogP contribution in [0.4, 0.5) is 0 Å². The van der Waals surface area contributed by atoms with Crippen molar-refractivity contribution in [1.82, 2.24) is 9.71 Å². The van der Waals surface area contributed by atoms with Gasteiger partial charge in [-0.2, -0.15) is 5.26 Å². The van der Waals surface area contributed by atoms with Gasteiger partial charge < -0.3 is 5.73 Å². The van der Waals surface area contributed by atoms with Crippen molar-refractivity contribution in [2.24, 2.45) is 5.73 Å². The molecule has 0 amide bonds. The van der Waals surface area contributed by atoms with Gasteiger partial charge in [0.15, 0.2) is 5.69 Å². The molecule has 2 atom stereocenters. The Kier molecular flexibility index (Phi) is 3.61. The van der Waals surface area contributed by atoms with Gasteiger partial charge in [0.05, 0.1) is 0 Å². The van der Waals surface area contributed by atoms with E-state index in [9.17, 15) is 8.42 Å². The Morgan fingerprint density at radius 3 is 2.89 bits per heavy atom. The number of nitrogens with one attached hydrogen (secondary N) is 1. The number of aromatic nitrogens is 1. The third kappa shape index (κ3) is 2.51. The standard InChI is InChI=1S/C11H14N4O2S/c12-7-10-11(5-2-6-14-10)18(16,17)15-9-4-1-3-8(9)13/h2,5-6,8-9,15H,1,3-4,13H2. The minimum absolute atomic E-state index is 0.0911. The first kappa shape index (κ1) is 13.0. The Bertz CT molecular complexity index is 579. The SMILES string of the molecule is N#Cc1ncccc1S(=O)(=O)NC1CCCC1N. The summed E-state index contributed by atoms with van der Waals surface area (Å²) in [6.45, 7) is 0. The molecule has 0 saturated heterocycles. The minimum atomic E-state index is -3.73. The van der Waals surface area contributed by atoms with Crippen LogP contribution in [0.5, 0.6) is 0 Å². The van der Waals surface area contributed by atoms with Crippen LogP contribution in [0.3, 0.4) is 0 Å². The van der Waals surface area contributed by atoms with E-state index >= 15 is 0 Å². The van der Waals surface area contributed by atoms with E-state index in [1.165, 1.54) is 18.3 Å². The van der Waals surface area contributed by atoms with E-state index in [2.05, 4.69) is 9.71 Å². The number of hydrogen-bond donors (Lipinski definition) is 2. The number of nitrogens with two attached hydrogens (primary N) is 1. The van der Waals surface area contributed by atoms with Crippen LogP contribution in [0.25, 0.3) is 0 Å². The molecule has 2 rings (SSSR count). The van der Waals surface area contributed by atoms with Crippen molar-refractivity contribution in [1.29, 1.82) is 5.26 Å². The van der Waals surface area contributed by atoms with Crippen molar-refractivity contribution in [3.8, 4) is 6.07 Å². The Morgan fingerprint density at radius 2 is 2.28 bits per heavy atom. The van der Waals surface area contributed by atoms with E-state index < -0.39 is 10.0 Å². The van der Waals surface area contributed by atoms with Crippen molar-refractivity contribution >= 4 is 10.0 Å². The van der Waals surface area contributed by atoms with E-state index in [1.807, 2.05) is 0 Å². The van der Waals surface area contributed by atoms with Crippen molar-refractivity contribution in [2.75, 3.05) is 0 Å². The largest absolute Gasteiger partial charge is 0.326 e. The van der Waals surface area contributed by atoms with Crippen LogP contribution in [0.1, 0.15) is 25.0 Å². The van der Waals surface area contributed by atoms with Gasteiger partial charge in [-0.25, -0.2) is 18.1 Å². The summed E-state index contributed by atoms with van der Waals surface area (Å²) in [5.41, 5.74) is 5.73. The smallest absolute Gasteiger partial charge is 0.243 e. The highest BCUT2D eigenvalue weighted by Crippen LogP contribution is 2.20. The zero-order valence-electron chi connectivity index (χ0n) is 9.70. The molecule has 0 aliphatic heterocycles. The Hall–Kier alpha value is -1.49. The number of sulfonamides is 1. The minimum Gasteiger partial charge on any atom is -0.326 e. The third-order valence-electron chi connectivity index (χ3n) is 3.04. The summed E-state index contributed by atoms with van der Waals surface area (Å²) in [6.07, 6.45) is 3.83. The molecule has 2 unspecified atom stereocenters. The van der Waals surface area contributed by atoms with Gasteiger partial charge in [0.2, 0.25) is 10.0 Å². The fraction of sp³-hybridized carbons (Fsp3) is 0.455. The maximum Gasteiger partial charge on any atom is 0.243 e. The second-order valence-corrected chi connectivity index (χ2v) is 5.97. The monoisotopic (exact) mass is 266 g/mol. The molecule has 1 aliphatic rings.